The van der Waals surface area contributed by atoms with Crippen LogP contribution in [-0.4, -0.2) is 41.0 Å². The number of carbonyl (C=O) groups excluding carboxylic acids is 1. The molecule has 8 nitrogen and oxygen atoms in total. The van der Waals surface area contributed by atoms with Crippen molar-refractivity contribution in [3.8, 4) is 17.1 Å². The number of benzene rings is 1. The number of aromatic nitrogens is 6. The first kappa shape index (κ1) is 20.8. The summed E-state index contributed by atoms with van der Waals surface area (Å²) in [6, 6.07) is 10.2. The Morgan fingerprint density at radius 1 is 1.19 bits per heavy atom. The predicted octanol–water partition coefficient (Wildman–Crippen LogP) is 3.92. The first-order valence-electron chi connectivity index (χ1n) is 9.87. The Bertz CT molecular complexity index is 1180. The van der Waals surface area contributed by atoms with Gasteiger partial charge in [0.15, 0.2) is 11.0 Å². The van der Waals surface area contributed by atoms with Crippen LogP contribution >= 0.6 is 11.8 Å². The van der Waals surface area contributed by atoms with Gasteiger partial charge in [-0.25, -0.2) is 4.98 Å². The number of imidazole rings is 1. The van der Waals surface area contributed by atoms with E-state index in [1.54, 1.807) is 29.5 Å². The number of thioether (sulfide) groups is 1. The number of amides is 1. The Labute approximate surface area is 184 Å². The van der Waals surface area contributed by atoms with Gasteiger partial charge in [-0.3, -0.25) is 14.3 Å². The lowest BCUT2D eigenvalue weighted by Crippen LogP contribution is -2.14. The van der Waals surface area contributed by atoms with Gasteiger partial charge >= 0.3 is 0 Å². The van der Waals surface area contributed by atoms with Crippen LogP contribution in [-0.2, 0) is 11.8 Å². The molecule has 0 spiro atoms. The van der Waals surface area contributed by atoms with E-state index in [9.17, 15) is 4.79 Å². The van der Waals surface area contributed by atoms with Crippen molar-refractivity contribution in [2.75, 3.05) is 11.1 Å². The van der Waals surface area contributed by atoms with Crippen LogP contribution in [0.5, 0.6) is 0 Å². The third-order valence-corrected chi connectivity index (χ3v) is 5.74. The highest BCUT2D eigenvalue weighted by molar-refractivity contribution is 7.99. The van der Waals surface area contributed by atoms with Crippen LogP contribution in [0.3, 0.4) is 0 Å². The molecular formula is C22H23N7OS. The number of pyridine rings is 1. The molecule has 9 heteroatoms. The molecule has 0 bridgehead atoms. The minimum absolute atomic E-state index is 0.133. The van der Waals surface area contributed by atoms with Crippen molar-refractivity contribution in [2.24, 2.45) is 7.05 Å². The summed E-state index contributed by atoms with van der Waals surface area (Å²) in [6.45, 7) is 4.34. The molecule has 4 aromatic rings. The molecule has 4 rings (SSSR count). The fourth-order valence-corrected chi connectivity index (χ4v) is 3.89. The summed E-state index contributed by atoms with van der Waals surface area (Å²) in [6.07, 6.45) is 8.56. The largest absolute Gasteiger partial charge is 0.324 e. The van der Waals surface area contributed by atoms with Gasteiger partial charge in [0.1, 0.15) is 6.33 Å². The molecule has 0 radical (unpaired) electrons. The zero-order valence-electron chi connectivity index (χ0n) is 17.6. The van der Waals surface area contributed by atoms with Crippen LogP contribution < -0.4 is 5.32 Å². The molecular weight excluding hydrogens is 410 g/mol. The number of rotatable bonds is 7. The first-order valence-corrected chi connectivity index (χ1v) is 10.9. The lowest BCUT2D eigenvalue weighted by Gasteiger charge is -2.10. The molecule has 158 valence electrons. The Hall–Kier alpha value is -3.46. The molecule has 0 unspecified atom stereocenters. The van der Waals surface area contributed by atoms with E-state index >= 15 is 0 Å². The van der Waals surface area contributed by atoms with Gasteiger partial charge in [-0.2, -0.15) is 0 Å². The van der Waals surface area contributed by atoms with Gasteiger partial charge in [0.2, 0.25) is 5.91 Å². The van der Waals surface area contributed by atoms with E-state index < -0.39 is 0 Å². The third kappa shape index (κ3) is 4.83. The zero-order valence-corrected chi connectivity index (χ0v) is 18.4. The van der Waals surface area contributed by atoms with Gasteiger partial charge in [0, 0.05) is 36.9 Å². The van der Waals surface area contributed by atoms with Crippen molar-refractivity contribution in [3.05, 3.63) is 67.0 Å². The molecule has 0 aliphatic carbocycles. The summed E-state index contributed by atoms with van der Waals surface area (Å²) in [7, 11) is 1.86. The van der Waals surface area contributed by atoms with E-state index in [4.69, 9.17) is 0 Å². The molecule has 0 saturated carbocycles. The van der Waals surface area contributed by atoms with Crippen LogP contribution in [0.2, 0.25) is 0 Å². The predicted molar refractivity (Wildman–Crippen MR) is 121 cm³/mol. The van der Waals surface area contributed by atoms with Crippen molar-refractivity contribution in [3.63, 3.8) is 0 Å². The molecule has 0 aliphatic heterocycles. The SMILES string of the molecule is CC(C)c1ccc(-n2ccnc2SCC(=O)Nc2cncc(-c3nncn3C)c2)cc1. The van der Waals surface area contributed by atoms with Gasteiger partial charge in [0.05, 0.1) is 17.6 Å². The standard InChI is InChI=1S/C22H23N7OS/c1-15(2)16-4-6-19(7-5-16)29-9-8-24-22(29)31-13-20(30)26-18-10-17(11-23-12-18)21-27-25-14-28(21)3/h4-12,14-15H,13H2,1-3H3,(H,26,30). The lowest BCUT2D eigenvalue weighted by molar-refractivity contribution is -0.113. The van der Waals surface area contributed by atoms with E-state index in [0.29, 0.717) is 17.4 Å². The summed E-state index contributed by atoms with van der Waals surface area (Å²) in [5, 5.41) is 11.6. The van der Waals surface area contributed by atoms with Crippen molar-refractivity contribution < 1.29 is 4.79 Å². The van der Waals surface area contributed by atoms with Gasteiger partial charge in [0.25, 0.3) is 0 Å². The van der Waals surface area contributed by atoms with Crippen LogP contribution in [0, 0.1) is 0 Å². The molecule has 0 atom stereocenters. The van der Waals surface area contributed by atoms with Crippen molar-refractivity contribution >= 4 is 23.4 Å². The number of nitrogens with zero attached hydrogens (tertiary/aromatic N) is 6. The Morgan fingerprint density at radius 3 is 2.71 bits per heavy atom. The normalized spacial score (nSPS) is 11.1. The van der Waals surface area contributed by atoms with Crippen LogP contribution in [0.15, 0.2) is 66.6 Å². The van der Waals surface area contributed by atoms with Gasteiger partial charge in [-0.1, -0.05) is 37.7 Å². The fraction of sp³-hybridized carbons (Fsp3) is 0.227. The molecule has 3 aromatic heterocycles. The number of carbonyl (C=O) groups is 1. The summed E-state index contributed by atoms with van der Waals surface area (Å²) in [4.78, 5) is 21.1. The topological polar surface area (TPSA) is 90.5 Å². The summed E-state index contributed by atoms with van der Waals surface area (Å²) < 4.78 is 3.78. The van der Waals surface area contributed by atoms with Crippen LogP contribution in [0.25, 0.3) is 17.1 Å². The maximum Gasteiger partial charge on any atom is 0.234 e. The monoisotopic (exact) mass is 433 g/mol. The Balaban J connectivity index is 1.40. The summed E-state index contributed by atoms with van der Waals surface area (Å²) in [5.41, 5.74) is 3.70. The number of anilines is 1. The smallest absolute Gasteiger partial charge is 0.234 e. The zero-order chi connectivity index (χ0) is 21.8. The van der Waals surface area contributed by atoms with E-state index in [0.717, 1.165) is 16.4 Å². The maximum absolute atomic E-state index is 12.5. The summed E-state index contributed by atoms with van der Waals surface area (Å²) >= 11 is 1.38. The quantitative estimate of drug-likeness (QED) is 0.444. The fourth-order valence-electron chi connectivity index (χ4n) is 3.12. The molecule has 1 amide bonds. The van der Waals surface area contributed by atoms with Gasteiger partial charge in [-0.05, 0) is 29.7 Å². The highest BCUT2D eigenvalue weighted by Gasteiger charge is 2.11. The molecule has 0 fully saturated rings. The lowest BCUT2D eigenvalue weighted by atomic mass is 10.0. The number of hydrogen-bond acceptors (Lipinski definition) is 6. The molecule has 0 saturated heterocycles. The van der Waals surface area contributed by atoms with E-state index in [1.807, 2.05) is 23.9 Å². The molecule has 0 aliphatic rings. The van der Waals surface area contributed by atoms with Crippen LogP contribution in [0.1, 0.15) is 25.3 Å². The number of nitrogens with one attached hydrogen (secondary N) is 1. The first-order chi connectivity index (χ1) is 15.0. The second kappa shape index (κ2) is 9.13. The molecule has 1 N–H and O–H groups in total. The minimum atomic E-state index is -0.133. The van der Waals surface area contributed by atoms with Crippen molar-refractivity contribution in [1.29, 1.82) is 0 Å². The summed E-state index contributed by atoms with van der Waals surface area (Å²) in [5.74, 6) is 1.26. The maximum atomic E-state index is 12.5. The third-order valence-electron chi connectivity index (χ3n) is 4.77. The highest BCUT2D eigenvalue weighted by Crippen LogP contribution is 2.23. The van der Waals surface area contributed by atoms with E-state index in [-0.39, 0.29) is 11.7 Å². The average Bonchev–Trinajstić information content (AvgIpc) is 3.41. The highest BCUT2D eigenvalue weighted by atomic mass is 32.2. The van der Waals surface area contributed by atoms with Crippen molar-refractivity contribution in [2.45, 2.75) is 24.9 Å². The second-order valence-electron chi connectivity index (χ2n) is 7.39. The van der Waals surface area contributed by atoms with E-state index in [1.165, 1.54) is 17.3 Å². The van der Waals surface area contributed by atoms with Crippen LogP contribution in [0.4, 0.5) is 5.69 Å². The Kier molecular flexibility index (Phi) is 6.13. The molecule has 31 heavy (non-hydrogen) atoms. The van der Waals surface area contributed by atoms with Gasteiger partial charge < -0.3 is 9.88 Å². The average molecular weight is 434 g/mol. The Morgan fingerprint density at radius 2 is 2.00 bits per heavy atom. The second-order valence-corrected chi connectivity index (χ2v) is 8.33. The van der Waals surface area contributed by atoms with E-state index in [2.05, 4.69) is 63.6 Å². The number of hydrogen-bond donors (Lipinski definition) is 1. The van der Waals surface area contributed by atoms with Gasteiger partial charge in [-0.15, -0.1) is 10.2 Å². The number of aryl methyl sites for hydroxylation is 1. The minimum Gasteiger partial charge on any atom is -0.324 e. The molecule has 3 heterocycles. The van der Waals surface area contributed by atoms with Crippen molar-refractivity contribution in [1.82, 2.24) is 29.3 Å². The molecule has 1 aromatic carbocycles.